The molecular weight excluding hydrogens is 608 g/mol. The summed E-state index contributed by atoms with van der Waals surface area (Å²) in [7, 11) is 0. The highest BCUT2D eigenvalue weighted by Gasteiger charge is 2.41. The summed E-state index contributed by atoms with van der Waals surface area (Å²) in [5.74, 6) is -6.63. The first-order valence-electron chi connectivity index (χ1n) is 14.6. The molecule has 14 heteroatoms. The number of aromatic nitrogens is 4. The van der Waals surface area contributed by atoms with E-state index in [0.717, 1.165) is 32.6 Å². The van der Waals surface area contributed by atoms with Gasteiger partial charge in [0.25, 0.3) is 5.92 Å². The van der Waals surface area contributed by atoms with Crippen molar-refractivity contribution in [2.24, 2.45) is 0 Å². The molecule has 5 rings (SSSR count). The van der Waals surface area contributed by atoms with E-state index in [-0.39, 0.29) is 35.9 Å². The van der Waals surface area contributed by atoms with Crippen LogP contribution in [0.5, 0.6) is 5.75 Å². The fourth-order valence-electron chi connectivity index (χ4n) is 5.43. The molecule has 1 aliphatic rings. The first-order chi connectivity index (χ1) is 21.5. The number of fused-ring (bicyclic) bond motifs is 1. The first-order valence-corrected chi connectivity index (χ1v) is 14.6. The number of anilines is 1. The monoisotopic (exact) mass is 642 g/mol. The maximum atomic E-state index is 15.9. The van der Waals surface area contributed by atoms with E-state index in [2.05, 4.69) is 15.0 Å². The number of hydrogen-bond donors (Lipinski definition) is 1. The molecule has 0 aliphatic carbocycles. The van der Waals surface area contributed by atoms with Crippen molar-refractivity contribution < 1.29 is 32.2 Å². The van der Waals surface area contributed by atoms with Gasteiger partial charge in [-0.05, 0) is 63.4 Å². The number of aromatic hydroxyl groups is 1. The van der Waals surface area contributed by atoms with Crippen molar-refractivity contribution in [2.75, 3.05) is 31.1 Å². The fourth-order valence-corrected chi connectivity index (χ4v) is 5.43. The number of rotatable bonds is 4. The zero-order chi connectivity index (χ0) is 33.7. The summed E-state index contributed by atoms with van der Waals surface area (Å²) in [5, 5.41) is 10.3. The minimum absolute atomic E-state index is 0.129. The number of phenols is 1. The first kappa shape index (κ1) is 32.6. The molecule has 0 bridgehead atoms. The van der Waals surface area contributed by atoms with Crippen LogP contribution in [0, 0.1) is 18.6 Å². The van der Waals surface area contributed by atoms with Crippen LogP contribution in [0.1, 0.15) is 51.8 Å². The van der Waals surface area contributed by atoms with E-state index in [1.165, 1.54) is 6.07 Å². The van der Waals surface area contributed by atoms with Crippen LogP contribution in [0.25, 0.3) is 28.0 Å². The molecular formula is C32H34F4N6O4. The third kappa shape index (κ3) is 6.33. The van der Waals surface area contributed by atoms with Crippen molar-refractivity contribution in [3.63, 3.8) is 0 Å². The minimum Gasteiger partial charge on any atom is -0.507 e. The maximum Gasteiger partial charge on any atom is 0.410 e. The number of amides is 1. The quantitative estimate of drug-likeness (QED) is 0.272. The van der Waals surface area contributed by atoms with Gasteiger partial charge in [0, 0.05) is 19.3 Å². The average Bonchev–Trinajstić information content (AvgIpc) is 3.10. The van der Waals surface area contributed by atoms with Crippen LogP contribution in [-0.2, 0) is 4.74 Å². The molecule has 3 aromatic heterocycles. The zero-order valence-electron chi connectivity index (χ0n) is 26.2. The van der Waals surface area contributed by atoms with Crippen molar-refractivity contribution in [3.05, 3.63) is 69.9 Å². The Bertz CT molecular complexity index is 1870. The van der Waals surface area contributed by atoms with Crippen molar-refractivity contribution >= 4 is 22.9 Å². The normalized spacial score (nSPS) is 15.4. The highest BCUT2D eigenvalue weighted by Crippen LogP contribution is 2.37. The summed E-state index contributed by atoms with van der Waals surface area (Å²) in [5.41, 5.74) is -1.84. The second kappa shape index (κ2) is 11.9. The van der Waals surface area contributed by atoms with E-state index < -0.39 is 65.0 Å². The van der Waals surface area contributed by atoms with Crippen LogP contribution in [0.2, 0.25) is 0 Å². The van der Waals surface area contributed by atoms with Gasteiger partial charge in [-0.3, -0.25) is 4.98 Å². The van der Waals surface area contributed by atoms with E-state index in [1.54, 1.807) is 40.0 Å². The molecule has 46 heavy (non-hydrogen) atoms. The van der Waals surface area contributed by atoms with Crippen molar-refractivity contribution in [2.45, 2.75) is 59.0 Å². The molecule has 4 heterocycles. The molecule has 244 valence electrons. The lowest BCUT2D eigenvalue weighted by atomic mass is 10.0. The summed E-state index contributed by atoms with van der Waals surface area (Å²) in [6, 6.07) is 5.99. The molecule has 0 spiro atoms. The Morgan fingerprint density at radius 2 is 1.78 bits per heavy atom. The van der Waals surface area contributed by atoms with Crippen LogP contribution >= 0.6 is 0 Å². The number of benzene rings is 1. The highest BCUT2D eigenvalue weighted by molar-refractivity contribution is 5.91. The number of aryl methyl sites for hydroxylation is 1. The third-order valence-corrected chi connectivity index (χ3v) is 7.39. The van der Waals surface area contributed by atoms with Crippen molar-refractivity contribution in [1.29, 1.82) is 0 Å². The predicted molar refractivity (Wildman–Crippen MR) is 164 cm³/mol. The van der Waals surface area contributed by atoms with Gasteiger partial charge in [0.05, 0.1) is 35.4 Å². The molecule has 1 amide bonds. The largest absolute Gasteiger partial charge is 0.507 e. The fraction of sp³-hybridized carbons (Fsp3) is 0.406. The van der Waals surface area contributed by atoms with Crippen LogP contribution in [0.3, 0.4) is 0 Å². The Morgan fingerprint density at radius 1 is 1.07 bits per heavy atom. The van der Waals surface area contributed by atoms with Gasteiger partial charge >= 0.3 is 11.8 Å². The van der Waals surface area contributed by atoms with Crippen molar-refractivity contribution in [1.82, 2.24) is 24.4 Å². The Labute approximate surface area is 262 Å². The molecule has 1 aliphatic heterocycles. The van der Waals surface area contributed by atoms with Gasteiger partial charge in [0.2, 0.25) is 0 Å². The highest BCUT2D eigenvalue weighted by atomic mass is 19.3. The van der Waals surface area contributed by atoms with Gasteiger partial charge in [-0.2, -0.15) is 4.98 Å². The van der Waals surface area contributed by atoms with Gasteiger partial charge in [-0.15, -0.1) is 0 Å². The van der Waals surface area contributed by atoms with Gasteiger partial charge in [-0.1, -0.05) is 19.9 Å². The summed E-state index contributed by atoms with van der Waals surface area (Å²) >= 11 is 0. The average molecular weight is 643 g/mol. The Morgan fingerprint density at radius 3 is 2.43 bits per heavy atom. The number of nitrogens with zero attached hydrogens (tertiary/aromatic N) is 6. The second-order valence-corrected chi connectivity index (χ2v) is 12.6. The summed E-state index contributed by atoms with van der Waals surface area (Å²) < 4.78 is 68.0. The van der Waals surface area contributed by atoms with E-state index in [0.29, 0.717) is 16.9 Å². The predicted octanol–water partition coefficient (Wildman–Crippen LogP) is 5.95. The molecule has 1 fully saturated rings. The number of halogens is 4. The van der Waals surface area contributed by atoms with E-state index in [9.17, 15) is 19.1 Å². The summed E-state index contributed by atoms with van der Waals surface area (Å²) in [6.45, 7) is 7.94. The molecule has 0 atom stereocenters. The second-order valence-electron chi connectivity index (χ2n) is 12.6. The molecule has 10 nitrogen and oxygen atoms in total. The van der Waals surface area contributed by atoms with Crippen LogP contribution in [0.15, 0.2) is 41.3 Å². The lowest BCUT2D eigenvalue weighted by Crippen LogP contribution is -2.44. The summed E-state index contributed by atoms with van der Waals surface area (Å²) in [4.78, 5) is 41.6. The zero-order valence-corrected chi connectivity index (χ0v) is 26.2. The van der Waals surface area contributed by atoms with Crippen LogP contribution in [-0.4, -0.2) is 73.3 Å². The number of alkyl halides is 2. The molecule has 1 aromatic carbocycles. The number of ether oxygens (including phenoxy) is 1. The Hall–Kier alpha value is -4.75. The van der Waals surface area contributed by atoms with Crippen LogP contribution in [0.4, 0.5) is 28.2 Å². The Balaban J connectivity index is 1.77. The third-order valence-electron chi connectivity index (χ3n) is 7.39. The van der Waals surface area contributed by atoms with Gasteiger partial charge < -0.3 is 19.6 Å². The van der Waals surface area contributed by atoms with Crippen molar-refractivity contribution in [3.8, 4) is 22.7 Å². The SMILES string of the molecule is Cc1ccnc(C(C)C)c1-n1c(=O)nc(N2CCN(C(=O)OC(C)(C)C)CC(F)(F)C2)c2cc(F)c(-c3c(O)cccc3F)nc21. The lowest BCUT2D eigenvalue weighted by Gasteiger charge is -2.27. The molecule has 0 unspecified atom stereocenters. The smallest absolute Gasteiger partial charge is 0.410 e. The number of pyridine rings is 2. The molecule has 1 saturated heterocycles. The maximum absolute atomic E-state index is 15.9. The molecule has 4 aromatic rings. The van der Waals surface area contributed by atoms with Crippen LogP contribution < -0.4 is 10.6 Å². The summed E-state index contributed by atoms with van der Waals surface area (Å²) in [6.07, 6.45) is 0.632. The standard InChI is InChI=1S/C32H34F4N6O4/c1-17(2)24-26(18(3)10-11-37-24)42-28-19(14-21(34)25(38-28)23-20(33)8-7-9-22(23)43)27(39-29(42)44)40-12-13-41(16-32(35,36)15-40)30(45)46-31(4,5)6/h7-11,14,17,43H,12-13,15-16H2,1-6H3. The van der Waals surface area contributed by atoms with E-state index in [1.807, 2.05) is 13.8 Å². The number of phenolic OH excluding ortho intramolecular Hbond substituents is 1. The van der Waals surface area contributed by atoms with Gasteiger partial charge in [-0.25, -0.2) is 36.7 Å². The number of hydrogen-bond acceptors (Lipinski definition) is 8. The number of carbonyl (C=O) groups excluding carboxylic acids is 1. The van der Waals surface area contributed by atoms with Gasteiger partial charge in [0.15, 0.2) is 11.5 Å². The molecule has 1 N–H and O–H groups in total. The Kier molecular flexibility index (Phi) is 8.43. The van der Waals surface area contributed by atoms with Gasteiger partial charge in [0.1, 0.15) is 28.7 Å². The van der Waals surface area contributed by atoms with E-state index in [4.69, 9.17) is 4.74 Å². The lowest BCUT2D eigenvalue weighted by molar-refractivity contribution is -0.0285. The number of carbonyl (C=O) groups is 1. The molecule has 0 saturated carbocycles. The topological polar surface area (TPSA) is 114 Å². The minimum atomic E-state index is -3.48. The van der Waals surface area contributed by atoms with E-state index >= 15 is 13.2 Å². The molecule has 0 radical (unpaired) electrons.